The van der Waals surface area contributed by atoms with Gasteiger partial charge in [0.1, 0.15) is 5.02 Å². The standard InChI is InChI=1S/C12H5Cl4NO2/c13-8-5-10(15)9(14)4-7(8)6-1-2-12(17(18)19)11(16)3-6/h1-5H. The van der Waals surface area contributed by atoms with Crippen LogP contribution >= 0.6 is 46.4 Å². The van der Waals surface area contributed by atoms with Crippen LogP contribution < -0.4 is 0 Å². The Balaban J connectivity index is 2.57. The summed E-state index contributed by atoms with van der Waals surface area (Å²) in [6.45, 7) is 0. The third-order valence-electron chi connectivity index (χ3n) is 2.47. The Morgan fingerprint density at radius 1 is 0.842 bits per heavy atom. The van der Waals surface area contributed by atoms with Crippen LogP contribution in [0.25, 0.3) is 11.1 Å². The number of halogens is 4. The van der Waals surface area contributed by atoms with Gasteiger partial charge in [-0.15, -0.1) is 0 Å². The first-order valence-corrected chi connectivity index (χ1v) is 6.50. The maximum atomic E-state index is 10.7. The van der Waals surface area contributed by atoms with Gasteiger partial charge in [0, 0.05) is 16.7 Å². The Kier molecular flexibility index (Phi) is 4.21. The quantitative estimate of drug-likeness (QED) is 0.390. The highest BCUT2D eigenvalue weighted by Gasteiger charge is 2.15. The minimum absolute atomic E-state index is 0.0321. The van der Waals surface area contributed by atoms with E-state index < -0.39 is 4.92 Å². The molecule has 0 spiro atoms. The zero-order chi connectivity index (χ0) is 14.2. The molecule has 98 valence electrons. The lowest BCUT2D eigenvalue weighted by Gasteiger charge is -2.07. The van der Waals surface area contributed by atoms with Crippen LogP contribution in [0.2, 0.25) is 20.1 Å². The van der Waals surface area contributed by atoms with Crippen molar-refractivity contribution in [3.05, 3.63) is 60.5 Å². The smallest absolute Gasteiger partial charge is 0.258 e. The van der Waals surface area contributed by atoms with Gasteiger partial charge in [0.05, 0.1) is 15.0 Å². The highest BCUT2D eigenvalue weighted by molar-refractivity contribution is 6.44. The molecule has 0 amide bonds. The van der Waals surface area contributed by atoms with Crippen molar-refractivity contribution in [2.24, 2.45) is 0 Å². The molecule has 0 N–H and O–H groups in total. The largest absolute Gasteiger partial charge is 0.287 e. The van der Waals surface area contributed by atoms with Crippen LogP contribution in [0.1, 0.15) is 0 Å². The van der Waals surface area contributed by atoms with E-state index in [2.05, 4.69) is 0 Å². The molecule has 0 saturated carbocycles. The predicted octanol–water partition coefficient (Wildman–Crippen LogP) is 5.88. The van der Waals surface area contributed by atoms with Crippen LogP contribution in [0.4, 0.5) is 5.69 Å². The summed E-state index contributed by atoms with van der Waals surface area (Å²) in [4.78, 5) is 10.1. The lowest BCUT2D eigenvalue weighted by Crippen LogP contribution is -1.89. The van der Waals surface area contributed by atoms with Crippen molar-refractivity contribution in [2.75, 3.05) is 0 Å². The summed E-state index contributed by atoms with van der Waals surface area (Å²) in [7, 11) is 0. The third-order valence-corrected chi connectivity index (χ3v) is 3.80. The van der Waals surface area contributed by atoms with Crippen LogP contribution in [0.3, 0.4) is 0 Å². The van der Waals surface area contributed by atoms with Gasteiger partial charge in [-0.3, -0.25) is 10.1 Å². The molecule has 0 bridgehead atoms. The summed E-state index contributed by atoms with van der Waals surface area (Å²) in [6.07, 6.45) is 0. The molecule has 0 aliphatic carbocycles. The van der Waals surface area contributed by atoms with Crippen LogP contribution in [-0.2, 0) is 0 Å². The molecule has 0 radical (unpaired) electrons. The van der Waals surface area contributed by atoms with Crippen LogP contribution in [0.5, 0.6) is 0 Å². The van der Waals surface area contributed by atoms with E-state index in [-0.39, 0.29) is 10.7 Å². The van der Waals surface area contributed by atoms with E-state index in [1.54, 1.807) is 12.1 Å². The van der Waals surface area contributed by atoms with Crippen LogP contribution in [-0.4, -0.2) is 4.92 Å². The zero-order valence-corrected chi connectivity index (χ0v) is 12.2. The lowest BCUT2D eigenvalue weighted by atomic mass is 10.1. The number of hydrogen-bond acceptors (Lipinski definition) is 2. The minimum Gasteiger partial charge on any atom is -0.258 e. The molecule has 0 unspecified atom stereocenters. The summed E-state index contributed by atoms with van der Waals surface area (Å²) in [5, 5.41) is 11.8. The Hall–Kier alpha value is -1.000. The fourth-order valence-corrected chi connectivity index (χ4v) is 2.47. The van der Waals surface area contributed by atoms with E-state index in [1.807, 2.05) is 0 Å². The van der Waals surface area contributed by atoms with Gasteiger partial charge in [-0.25, -0.2) is 0 Å². The Labute approximate surface area is 128 Å². The van der Waals surface area contributed by atoms with Gasteiger partial charge in [-0.1, -0.05) is 46.4 Å². The molecule has 0 atom stereocenters. The maximum Gasteiger partial charge on any atom is 0.287 e. The summed E-state index contributed by atoms with van der Waals surface area (Å²) < 4.78 is 0. The fourth-order valence-electron chi connectivity index (χ4n) is 1.57. The van der Waals surface area contributed by atoms with E-state index in [4.69, 9.17) is 46.4 Å². The molecular formula is C12H5Cl4NO2. The first kappa shape index (κ1) is 14.4. The van der Waals surface area contributed by atoms with Gasteiger partial charge >= 0.3 is 0 Å². The van der Waals surface area contributed by atoms with Gasteiger partial charge in [0.25, 0.3) is 5.69 Å². The SMILES string of the molecule is O=[N+]([O-])c1ccc(-c2cc(Cl)c(Cl)cc2Cl)cc1Cl. The van der Waals surface area contributed by atoms with Gasteiger partial charge in [-0.05, 0) is 29.8 Å². The average Bonchev–Trinajstić information content (AvgIpc) is 2.33. The van der Waals surface area contributed by atoms with E-state index in [9.17, 15) is 10.1 Å². The number of nitrogens with zero attached hydrogens (tertiary/aromatic N) is 1. The summed E-state index contributed by atoms with van der Waals surface area (Å²) in [6, 6.07) is 7.43. The second-order valence-electron chi connectivity index (χ2n) is 3.67. The average molecular weight is 337 g/mol. The maximum absolute atomic E-state index is 10.7. The van der Waals surface area contributed by atoms with Crippen LogP contribution in [0.15, 0.2) is 30.3 Å². The summed E-state index contributed by atoms with van der Waals surface area (Å²) in [5.74, 6) is 0. The molecule has 0 heterocycles. The normalized spacial score (nSPS) is 10.5. The highest BCUT2D eigenvalue weighted by Crippen LogP contribution is 2.37. The second kappa shape index (κ2) is 5.55. The number of benzene rings is 2. The molecule has 0 aliphatic rings. The Morgan fingerprint density at radius 3 is 2.05 bits per heavy atom. The molecule has 0 fully saturated rings. The van der Waals surface area contributed by atoms with Crippen molar-refractivity contribution in [3.8, 4) is 11.1 Å². The molecule has 2 aromatic rings. The third kappa shape index (κ3) is 2.95. The number of nitro benzene ring substituents is 1. The number of rotatable bonds is 2. The summed E-state index contributed by atoms with van der Waals surface area (Å²) in [5.41, 5.74) is 1.06. The molecule has 2 aromatic carbocycles. The summed E-state index contributed by atoms with van der Waals surface area (Å²) >= 11 is 23.7. The second-order valence-corrected chi connectivity index (χ2v) is 5.30. The molecule has 3 nitrogen and oxygen atoms in total. The first-order chi connectivity index (χ1) is 8.90. The predicted molar refractivity (Wildman–Crippen MR) is 78.6 cm³/mol. The first-order valence-electron chi connectivity index (χ1n) is 4.99. The minimum atomic E-state index is -0.553. The molecule has 0 aliphatic heterocycles. The van der Waals surface area contributed by atoms with Gasteiger partial charge in [0.15, 0.2) is 0 Å². The van der Waals surface area contributed by atoms with Gasteiger partial charge in [0.2, 0.25) is 0 Å². The van der Waals surface area contributed by atoms with Crippen molar-refractivity contribution < 1.29 is 4.92 Å². The van der Waals surface area contributed by atoms with E-state index >= 15 is 0 Å². The molecule has 0 aromatic heterocycles. The number of nitro groups is 1. The topological polar surface area (TPSA) is 43.1 Å². The van der Waals surface area contributed by atoms with Gasteiger partial charge in [-0.2, -0.15) is 0 Å². The zero-order valence-electron chi connectivity index (χ0n) is 9.16. The monoisotopic (exact) mass is 335 g/mol. The van der Waals surface area contributed by atoms with Crippen molar-refractivity contribution >= 4 is 52.1 Å². The van der Waals surface area contributed by atoms with E-state index in [0.717, 1.165) is 0 Å². The van der Waals surface area contributed by atoms with Crippen LogP contribution in [0, 0.1) is 10.1 Å². The van der Waals surface area contributed by atoms with E-state index in [0.29, 0.717) is 26.2 Å². The van der Waals surface area contributed by atoms with Crippen molar-refractivity contribution in [2.45, 2.75) is 0 Å². The molecule has 2 rings (SSSR count). The molecule has 19 heavy (non-hydrogen) atoms. The van der Waals surface area contributed by atoms with Gasteiger partial charge < -0.3 is 0 Å². The van der Waals surface area contributed by atoms with E-state index in [1.165, 1.54) is 18.2 Å². The molecule has 7 heteroatoms. The molecule has 0 saturated heterocycles. The highest BCUT2D eigenvalue weighted by atomic mass is 35.5. The van der Waals surface area contributed by atoms with Crippen molar-refractivity contribution in [1.82, 2.24) is 0 Å². The Morgan fingerprint density at radius 2 is 1.47 bits per heavy atom. The Bertz CT molecular complexity index is 673. The lowest BCUT2D eigenvalue weighted by molar-refractivity contribution is -0.384. The van der Waals surface area contributed by atoms with Crippen molar-refractivity contribution in [1.29, 1.82) is 0 Å². The molecular weight excluding hydrogens is 332 g/mol. The van der Waals surface area contributed by atoms with Crippen molar-refractivity contribution in [3.63, 3.8) is 0 Å². The fraction of sp³-hybridized carbons (Fsp3) is 0. The number of hydrogen-bond donors (Lipinski definition) is 0.